The van der Waals surface area contributed by atoms with Gasteiger partial charge in [0.1, 0.15) is 0 Å². The van der Waals surface area contributed by atoms with Crippen molar-refractivity contribution in [1.29, 1.82) is 0 Å². The van der Waals surface area contributed by atoms with Gasteiger partial charge >= 0.3 is 0 Å². The van der Waals surface area contributed by atoms with Gasteiger partial charge < -0.3 is 10.1 Å². The maximum atomic E-state index is 5.62. The van der Waals surface area contributed by atoms with Gasteiger partial charge in [-0.2, -0.15) is 0 Å². The Bertz CT molecular complexity index is 183. The van der Waals surface area contributed by atoms with E-state index in [9.17, 15) is 0 Å². The highest BCUT2D eigenvalue weighted by Gasteiger charge is 2.19. The molecule has 1 rings (SSSR count). The van der Waals surface area contributed by atoms with Crippen LogP contribution in [0.1, 0.15) is 34.1 Å². The van der Waals surface area contributed by atoms with E-state index in [4.69, 9.17) is 4.74 Å². The number of nitrogens with one attached hydrogen (secondary N) is 1. The first-order chi connectivity index (χ1) is 7.59. The highest BCUT2D eigenvalue weighted by Crippen LogP contribution is 2.08. The minimum Gasteiger partial charge on any atom is -0.377 e. The molecule has 3 heteroatoms. The highest BCUT2D eigenvalue weighted by molar-refractivity contribution is 4.78. The summed E-state index contributed by atoms with van der Waals surface area (Å²) in [5.41, 5.74) is 0. The SMILES string of the molecule is CC(C)OCCN1CCCNC(C(C)C)C1. The van der Waals surface area contributed by atoms with E-state index in [1.54, 1.807) is 0 Å². The van der Waals surface area contributed by atoms with Crippen LogP contribution in [0.3, 0.4) is 0 Å². The topological polar surface area (TPSA) is 24.5 Å². The van der Waals surface area contributed by atoms with E-state index in [1.807, 2.05) is 0 Å². The second-order valence-electron chi connectivity index (χ2n) is 5.38. The summed E-state index contributed by atoms with van der Waals surface area (Å²) in [6.45, 7) is 14.3. The standard InChI is InChI=1S/C13H28N2O/c1-11(2)13-10-15(7-5-6-14-13)8-9-16-12(3)4/h11-14H,5-10H2,1-4H3. The Balaban J connectivity index is 2.28. The lowest BCUT2D eigenvalue weighted by atomic mass is 10.0. The van der Waals surface area contributed by atoms with Gasteiger partial charge in [0.15, 0.2) is 0 Å². The number of rotatable bonds is 5. The minimum atomic E-state index is 0.353. The Labute approximate surface area is 101 Å². The molecule has 96 valence electrons. The molecule has 0 aromatic rings. The summed E-state index contributed by atoms with van der Waals surface area (Å²) >= 11 is 0. The van der Waals surface area contributed by atoms with Gasteiger partial charge in [-0.05, 0) is 39.3 Å². The second-order valence-corrected chi connectivity index (χ2v) is 5.38. The zero-order valence-corrected chi connectivity index (χ0v) is 11.3. The van der Waals surface area contributed by atoms with Crippen LogP contribution in [-0.2, 0) is 4.74 Å². The van der Waals surface area contributed by atoms with E-state index in [0.717, 1.165) is 19.7 Å². The van der Waals surface area contributed by atoms with Crippen LogP contribution in [-0.4, -0.2) is 49.8 Å². The van der Waals surface area contributed by atoms with Crippen LogP contribution in [0, 0.1) is 5.92 Å². The fraction of sp³-hybridized carbons (Fsp3) is 1.00. The van der Waals surface area contributed by atoms with Crippen LogP contribution in [0.2, 0.25) is 0 Å². The molecule has 0 amide bonds. The summed E-state index contributed by atoms with van der Waals surface area (Å²) in [5.74, 6) is 0.714. The molecular formula is C13H28N2O. The van der Waals surface area contributed by atoms with Crippen LogP contribution in [0.15, 0.2) is 0 Å². The van der Waals surface area contributed by atoms with Gasteiger partial charge in [-0.25, -0.2) is 0 Å². The van der Waals surface area contributed by atoms with Crippen molar-refractivity contribution in [2.75, 3.05) is 32.8 Å². The van der Waals surface area contributed by atoms with Crippen LogP contribution in [0.5, 0.6) is 0 Å². The lowest BCUT2D eigenvalue weighted by molar-refractivity contribution is 0.0578. The third-order valence-electron chi connectivity index (χ3n) is 3.18. The third-order valence-corrected chi connectivity index (χ3v) is 3.18. The summed E-state index contributed by atoms with van der Waals surface area (Å²) in [6, 6.07) is 0.640. The molecule has 0 saturated carbocycles. The predicted molar refractivity (Wildman–Crippen MR) is 68.8 cm³/mol. The Kier molecular flexibility index (Phi) is 6.32. The molecule has 1 saturated heterocycles. The first kappa shape index (κ1) is 13.9. The quantitative estimate of drug-likeness (QED) is 0.775. The Morgan fingerprint density at radius 1 is 1.31 bits per heavy atom. The minimum absolute atomic E-state index is 0.353. The number of ether oxygens (including phenoxy) is 1. The lowest BCUT2D eigenvalue weighted by Gasteiger charge is -2.26. The van der Waals surface area contributed by atoms with Crippen LogP contribution in [0.25, 0.3) is 0 Å². The van der Waals surface area contributed by atoms with Crippen molar-refractivity contribution in [3.05, 3.63) is 0 Å². The van der Waals surface area contributed by atoms with Crippen molar-refractivity contribution >= 4 is 0 Å². The fourth-order valence-electron chi connectivity index (χ4n) is 2.09. The summed E-state index contributed by atoms with van der Waals surface area (Å²) in [5, 5.41) is 3.63. The van der Waals surface area contributed by atoms with E-state index in [2.05, 4.69) is 37.9 Å². The molecule has 1 fully saturated rings. The molecule has 1 unspecified atom stereocenters. The van der Waals surface area contributed by atoms with Gasteiger partial charge in [-0.3, -0.25) is 4.90 Å². The van der Waals surface area contributed by atoms with Crippen molar-refractivity contribution in [1.82, 2.24) is 10.2 Å². The second kappa shape index (κ2) is 7.25. The monoisotopic (exact) mass is 228 g/mol. The van der Waals surface area contributed by atoms with Crippen molar-refractivity contribution in [2.24, 2.45) is 5.92 Å². The number of nitrogens with zero attached hydrogens (tertiary/aromatic N) is 1. The maximum Gasteiger partial charge on any atom is 0.0596 e. The fourth-order valence-corrected chi connectivity index (χ4v) is 2.09. The van der Waals surface area contributed by atoms with Crippen LogP contribution >= 0.6 is 0 Å². The van der Waals surface area contributed by atoms with Gasteiger partial charge in [0.2, 0.25) is 0 Å². The molecule has 3 nitrogen and oxygen atoms in total. The molecule has 0 aromatic heterocycles. The van der Waals surface area contributed by atoms with Crippen molar-refractivity contribution in [2.45, 2.75) is 46.3 Å². The molecule has 0 aliphatic carbocycles. The average Bonchev–Trinajstić information content (AvgIpc) is 2.42. The first-order valence-electron chi connectivity index (χ1n) is 6.67. The normalized spacial score (nSPS) is 24.0. The van der Waals surface area contributed by atoms with Gasteiger partial charge in [-0.15, -0.1) is 0 Å². The van der Waals surface area contributed by atoms with Gasteiger partial charge in [0, 0.05) is 19.1 Å². The van der Waals surface area contributed by atoms with E-state index in [0.29, 0.717) is 18.1 Å². The number of hydrogen-bond acceptors (Lipinski definition) is 3. The molecule has 0 radical (unpaired) electrons. The highest BCUT2D eigenvalue weighted by atomic mass is 16.5. The smallest absolute Gasteiger partial charge is 0.0596 e. The summed E-state index contributed by atoms with van der Waals surface area (Å²) in [4.78, 5) is 2.53. The molecular weight excluding hydrogens is 200 g/mol. The molecule has 1 heterocycles. The molecule has 16 heavy (non-hydrogen) atoms. The largest absolute Gasteiger partial charge is 0.377 e. The van der Waals surface area contributed by atoms with Crippen LogP contribution in [0.4, 0.5) is 0 Å². The molecule has 1 N–H and O–H groups in total. The first-order valence-corrected chi connectivity index (χ1v) is 6.67. The third kappa shape index (κ3) is 5.28. The number of hydrogen-bond donors (Lipinski definition) is 1. The van der Waals surface area contributed by atoms with E-state index in [-0.39, 0.29) is 0 Å². The Hall–Kier alpha value is -0.120. The van der Waals surface area contributed by atoms with Crippen molar-refractivity contribution in [3.63, 3.8) is 0 Å². The van der Waals surface area contributed by atoms with E-state index < -0.39 is 0 Å². The summed E-state index contributed by atoms with van der Waals surface area (Å²) in [6.07, 6.45) is 1.61. The molecule has 0 aromatic carbocycles. The van der Waals surface area contributed by atoms with E-state index >= 15 is 0 Å². The summed E-state index contributed by atoms with van der Waals surface area (Å²) in [7, 11) is 0. The Morgan fingerprint density at radius 3 is 2.69 bits per heavy atom. The van der Waals surface area contributed by atoms with Crippen LogP contribution < -0.4 is 5.32 Å². The predicted octanol–water partition coefficient (Wildman–Crippen LogP) is 1.73. The zero-order valence-electron chi connectivity index (χ0n) is 11.3. The average molecular weight is 228 g/mol. The molecule has 1 aliphatic heterocycles. The van der Waals surface area contributed by atoms with Crippen molar-refractivity contribution < 1.29 is 4.74 Å². The van der Waals surface area contributed by atoms with Crippen molar-refractivity contribution in [3.8, 4) is 0 Å². The van der Waals surface area contributed by atoms with Gasteiger partial charge in [0.05, 0.1) is 12.7 Å². The molecule has 0 spiro atoms. The van der Waals surface area contributed by atoms with Gasteiger partial charge in [0.25, 0.3) is 0 Å². The maximum absolute atomic E-state index is 5.62. The molecule has 1 aliphatic rings. The molecule has 0 bridgehead atoms. The zero-order chi connectivity index (χ0) is 12.0. The summed E-state index contributed by atoms with van der Waals surface area (Å²) < 4.78 is 5.62. The Morgan fingerprint density at radius 2 is 2.06 bits per heavy atom. The van der Waals surface area contributed by atoms with E-state index in [1.165, 1.54) is 19.5 Å². The molecule has 1 atom stereocenters. The van der Waals surface area contributed by atoms with Gasteiger partial charge in [-0.1, -0.05) is 13.8 Å². The lowest BCUT2D eigenvalue weighted by Crippen LogP contribution is -2.42.